The van der Waals surface area contributed by atoms with E-state index in [4.69, 9.17) is 0 Å². The minimum Gasteiger partial charge on any atom is -0.460 e. The van der Waals surface area contributed by atoms with Crippen molar-refractivity contribution in [3.63, 3.8) is 0 Å². The molecule has 0 saturated carbocycles. The maximum absolute atomic E-state index is 12.1. The van der Waals surface area contributed by atoms with Crippen molar-refractivity contribution in [3.8, 4) is 0 Å². The molecule has 0 radical (unpaired) electrons. The van der Waals surface area contributed by atoms with Gasteiger partial charge < -0.3 is 9.47 Å². The molecule has 0 saturated heterocycles. The third-order valence-electron chi connectivity index (χ3n) is 1.70. The number of carbonyl (C=O) groups excluding carboxylic acids is 2. The van der Waals surface area contributed by atoms with Gasteiger partial charge in [0.1, 0.15) is 0 Å². The Morgan fingerprint density at radius 3 is 1.47 bits per heavy atom. The van der Waals surface area contributed by atoms with Gasteiger partial charge in [-0.15, -0.1) is 0 Å². The Labute approximate surface area is 97.9 Å². The van der Waals surface area contributed by atoms with E-state index in [2.05, 4.69) is 22.6 Å². The molecule has 0 aromatic rings. The average molecular weight is 248 g/mol. The van der Waals surface area contributed by atoms with Crippen LogP contribution in [0.5, 0.6) is 0 Å². The van der Waals surface area contributed by atoms with Gasteiger partial charge in [0.2, 0.25) is 11.7 Å². The van der Waals surface area contributed by atoms with Crippen molar-refractivity contribution < 1.29 is 27.8 Å². The Bertz CT molecular complexity index is 283. The highest BCUT2D eigenvalue weighted by Crippen LogP contribution is 2.02. The molecule has 6 heteroatoms. The second kappa shape index (κ2) is 8.43. The predicted octanol–water partition coefficient (Wildman–Crippen LogP) is 2.21. The third-order valence-corrected chi connectivity index (χ3v) is 1.70. The lowest BCUT2D eigenvalue weighted by Gasteiger charge is -2.04. The standard InChI is InChI=1S/C11H14F2O4/c1-8(12)10(14)16-6-4-3-5-7-17-11(15)9(2)13/h1-7H2. The molecular weight excluding hydrogens is 234 g/mol. The highest BCUT2D eigenvalue weighted by molar-refractivity contribution is 5.85. The second-order valence-corrected chi connectivity index (χ2v) is 3.14. The summed E-state index contributed by atoms with van der Waals surface area (Å²) in [4.78, 5) is 21.2. The van der Waals surface area contributed by atoms with Crippen molar-refractivity contribution in [2.24, 2.45) is 0 Å². The molecule has 0 atom stereocenters. The molecule has 0 aliphatic heterocycles. The molecule has 0 heterocycles. The van der Waals surface area contributed by atoms with Crippen LogP contribution in [0, 0.1) is 0 Å². The first kappa shape index (κ1) is 15.3. The van der Waals surface area contributed by atoms with Gasteiger partial charge in [0.25, 0.3) is 0 Å². The van der Waals surface area contributed by atoms with E-state index < -0.39 is 23.6 Å². The molecule has 17 heavy (non-hydrogen) atoms. The van der Waals surface area contributed by atoms with Crippen molar-refractivity contribution in [1.82, 2.24) is 0 Å². The number of ether oxygens (including phenoxy) is 2. The molecule has 0 fully saturated rings. The summed E-state index contributed by atoms with van der Waals surface area (Å²) in [6.45, 7) is 5.68. The van der Waals surface area contributed by atoms with Crippen molar-refractivity contribution in [2.45, 2.75) is 19.3 Å². The normalized spacial score (nSPS) is 9.53. The number of hydrogen-bond donors (Lipinski definition) is 0. The molecule has 0 rings (SSSR count). The first-order valence-electron chi connectivity index (χ1n) is 4.98. The molecule has 0 aliphatic carbocycles. The zero-order valence-electron chi connectivity index (χ0n) is 9.34. The monoisotopic (exact) mass is 248 g/mol. The van der Waals surface area contributed by atoms with Crippen LogP contribution >= 0.6 is 0 Å². The number of esters is 2. The number of rotatable bonds is 8. The fourth-order valence-electron chi connectivity index (χ4n) is 0.867. The van der Waals surface area contributed by atoms with Gasteiger partial charge >= 0.3 is 11.9 Å². The van der Waals surface area contributed by atoms with Gasteiger partial charge in [-0.3, -0.25) is 0 Å². The lowest BCUT2D eigenvalue weighted by Crippen LogP contribution is -2.07. The van der Waals surface area contributed by atoms with E-state index in [-0.39, 0.29) is 13.2 Å². The zero-order chi connectivity index (χ0) is 13.3. The maximum Gasteiger partial charge on any atom is 0.366 e. The smallest absolute Gasteiger partial charge is 0.366 e. The molecule has 0 amide bonds. The van der Waals surface area contributed by atoms with Gasteiger partial charge in [-0.2, -0.15) is 8.78 Å². The van der Waals surface area contributed by atoms with Crippen LogP contribution in [0.4, 0.5) is 8.78 Å². The lowest BCUT2D eigenvalue weighted by molar-refractivity contribution is -0.141. The van der Waals surface area contributed by atoms with E-state index in [0.29, 0.717) is 19.3 Å². The minimum atomic E-state index is -1.14. The van der Waals surface area contributed by atoms with Gasteiger partial charge in [0.15, 0.2) is 0 Å². The largest absolute Gasteiger partial charge is 0.460 e. The first-order valence-corrected chi connectivity index (χ1v) is 4.98. The van der Waals surface area contributed by atoms with E-state index in [0.717, 1.165) is 0 Å². The van der Waals surface area contributed by atoms with Gasteiger partial charge in [-0.1, -0.05) is 13.2 Å². The van der Waals surface area contributed by atoms with Crippen LogP contribution in [0.1, 0.15) is 19.3 Å². The Morgan fingerprint density at radius 2 is 1.18 bits per heavy atom. The summed E-state index contributed by atoms with van der Waals surface area (Å²) in [6, 6.07) is 0. The van der Waals surface area contributed by atoms with Gasteiger partial charge in [0.05, 0.1) is 13.2 Å². The van der Waals surface area contributed by atoms with E-state index in [1.165, 1.54) is 0 Å². The lowest BCUT2D eigenvalue weighted by atomic mass is 10.2. The summed E-state index contributed by atoms with van der Waals surface area (Å²) in [5, 5.41) is 0. The summed E-state index contributed by atoms with van der Waals surface area (Å²) < 4.78 is 33.2. The summed E-state index contributed by atoms with van der Waals surface area (Å²) >= 11 is 0. The fourth-order valence-corrected chi connectivity index (χ4v) is 0.867. The fraction of sp³-hybridized carbons (Fsp3) is 0.455. The minimum absolute atomic E-state index is 0.0611. The molecule has 0 aromatic heterocycles. The highest BCUT2D eigenvalue weighted by Gasteiger charge is 2.07. The van der Waals surface area contributed by atoms with Crippen LogP contribution in [0.25, 0.3) is 0 Å². The van der Waals surface area contributed by atoms with Crippen molar-refractivity contribution in [2.75, 3.05) is 13.2 Å². The van der Waals surface area contributed by atoms with Crippen LogP contribution < -0.4 is 0 Å². The molecule has 0 bridgehead atoms. The van der Waals surface area contributed by atoms with Gasteiger partial charge in [-0.05, 0) is 19.3 Å². The van der Waals surface area contributed by atoms with Crippen LogP contribution in [0.3, 0.4) is 0 Å². The van der Waals surface area contributed by atoms with Crippen LogP contribution in [0.15, 0.2) is 24.8 Å². The summed E-state index contributed by atoms with van der Waals surface area (Å²) in [6.07, 6.45) is 1.58. The summed E-state index contributed by atoms with van der Waals surface area (Å²) in [5.41, 5.74) is 0. The van der Waals surface area contributed by atoms with Crippen LogP contribution in [0.2, 0.25) is 0 Å². The molecule has 4 nitrogen and oxygen atoms in total. The van der Waals surface area contributed by atoms with Gasteiger partial charge in [-0.25, -0.2) is 9.59 Å². The Kier molecular flexibility index (Phi) is 7.58. The molecular formula is C11H14F2O4. The van der Waals surface area contributed by atoms with E-state index in [9.17, 15) is 18.4 Å². The topological polar surface area (TPSA) is 52.6 Å². The van der Waals surface area contributed by atoms with E-state index >= 15 is 0 Å². The van der Waals surface area contributed by atoms with Crippen molar-refractivity contribution in [1.29, 1.82) is 0 Å². The highest BCUT2D eigenvalue weighted by atomic mass is 19.1. The molecule has 0 N–H and O–H groups in total. The number of hydrogen-bond acceptors (Lipinski definition) is 4. The average Bonchev–Trinajstić information content (AvgIpc) is 2.26. The summed E-state index contributed by atoms with van der Waals surface area (Å²) in [5.74, 6) is -4.43. The SMILES string of the molecule is C=C(F)C(=O)OCCCCCOC(=O)C(=C)F. The molecule has 0 unspecified atom stereocenters. The quantitative estimate of drug-likeness (QED) is 0.375. The van der Waals surface area contributed by atoms with E-state index in [1.54, 1.807) is 0 Å². The molecule has 0 aliphatic rings. The van der Waals surface area contributed by atoms with Crippen LogP contribution in [-0.4, -0.2) is 25.2 Å². The second-order valence-electron chi connectivity index (χ2n) is 3.14. The third kappa shape index (κ3) is 8.12. The Morgan fingerprint density at radius 1 is 0.824 bits per heavy atom. The number of carbonyl (C=O) groups is 2. The molecule has 0 spiro atoms. The molecule has 0 aromatic carbocycles. The number of unbranched alkanes of at least 4 members (excludes halogenated alkanes) is 2. The maximum atomic E-state index is 12.1. The zero-order valence-corrected chi connectivity index (χ0v) is 9.34. The predicted molar refractivity (Wildman–Crippen MR) is 56.3 cm³/mol. The summed E-state index contributed by atoms with van der Waals surface area (Å²) in [7, 11) is 0. The Balaban J connectivity index is 3.36. The van der Waals surface area contributed by atoms with Gasteiger partial charge in [0, 0.05) is 0 Å². The van der Waals surface area contributed by atoms with Crippen LogP contribution in [-0.2, 0) is 19.1 Å². The molecule has 96 valence electrons. The van der Waals surface area contributed by atoms with Crippen molar-refractivity contribution in [3.05, 3.63) is 24.8 Å². The first-order chi connectivity index (χ1) is 7.95. The number of halogens is 2. The Hall–Kier alpha value is -1.72. The van der Waals surface area contributed by atoms with E-state index in [1.807, 2.05) is 0 Å². The van der Waals surface area contributed by atoms with Crippen molar-refractivity contribution >= 4 is 11.9 Å².